The number of ether oxygens (including phenoxy) is 3. The van der Waals surface area contributed by atoms with Gasteiger partial charge in [-0.3, -0.25) is 0 Å². The quantitative estimate of drug-likeness (QED) is 0.840. The van der Waals surface area contributed by atoms with Crippen molar-refractivity contribution in [1.82, 2.24) is 5.32 Å². The summed E-state index contributed by atoms with van der Waals surface area (Å²) >= 11 is 0. The Hall–Kier alpha value is -2.20. The summed E-state index contributed by atoms with van der Waals surface area (Å²) in [6.07, 6.45) is 3.23. The second-order valence-corrected chi connectivity index (χ2v) is 6.61. The van der Waals surface area contributed by atoms with E-state index in [1.165, 1.54) is 16.7 Å². The van der Waals surface area contributed by atoms with Gasteiger partial charge >= 0.3 is 0 Å². The Morgan fingerprint density at radius 1 is 1.12 bits per heavy atom. The summed E-state index contributed by atoms with van der Waals surface area (Å²) in [5.74, 6) is 2.67. The fourth-order valence-electron chi connectivity index (χ4n) is 3.51. The Labute approximate surface area is 149 Å². The normalized spacial score (nSPS) is 18.5. The molecule has 2 aromatic rings. The van der Waals surface area contributed by atoms with Crippen molar-refractivity contribution >= 4 is 0 Å². The van der Waals surface area contributed by atoms with E-state index in [2.05, 4.69) is 42.6 Å². The fourth-order valence-corrected chi connectivity index (χ4v) is 3.51. The van der Waals surface area contributed by atoms with Crippen molar-refractivity contribution in [2.75, 3.05) is 26.4 Å². The first-order valence-electron chi connectivity index (χ1n) is 9.23. The minimum absolute atomic E-state index is 0.161. The minimum atomic E-state index is 0.161. The van der Waals surface area contributed by atoms with Crippen LogP contribution in [0.3, 0.4) is 0 Å². The minimum Gasteiger partial charge on any atom is -0.494 e. The van der Waals surface area contributed by atoms with E-state index in [1.807, 2.05) is 6.07 Å². The molecule has 1 atom stereocenters. The smallest absolute Gasteiger partial charge is 0.161 e. The van der Waals surface area contributed by atoms with Gasteiger partial charge in [0.2, 0.25) is 0 Å². The van der Waals surface area contributed by atoms with E-state index in [0.29, 0.717) is 13.2 Å². The van der Waals surface area contributed by atoms with Crippen LogP contribution in [0.4, 0.5) is 0 Å². The predicted octanol–water partition coefficient (Wildman–Crippen LogP) is 3.87. The van der Waals surface area contributed by atoms with Gasteiger partial charge < -0.3 is 19.5 Å². The van der Waals surface area contributed by atoms with E-state index in [9.17, 15) is 0 Å². The zero-order chi connectivity index (χ0) is 17.1. The van der Waals surface area contributed by atoms with E-state index in [1.54, 1.807) is 0 Å². The molecule has 4 heteroatoms. The van der Waals surface area contributed by atoms with Crippen molar-refractivity contribution in [3.63, 3.8) is 0 Å². The zero-order valence-electron chi connectivity index (χ0n) is 14.7. The Kier molecular flexibility index (Phi) is 4.79. The Morgan fingerprint density at radius 2 is 1.96 bits per heavy atom. The number of fused-ring (bicyclic) bond motifs is 2. The first kappa shape index (κ1) is 16.3. The zero-order valence-corrected chi connectivity index (χ0v) is 14.7. The summed E-state index contributed by atoms with van der Waals surface area (Å²) in [5, 5.41) is 3.64. The van der Waals surface area contributed by atoms with Crippen LogP contribution in [0, 0.1) is 0 Å². The molecule has 0 aliphatic carbocycles. The molecule has 25 heavy (non-hydrogen) atoms. The molecule has 0 amide bonds. The van der Waals surface area contributed by atoms with Crippen molar-refractivity contribution < 1.29 is 14.2 Å². The third kappa shape index (κ3) is 3.45. The maximum atomic E-state index is 5.88. The average molecular weight is 339 g/mol. The molecule has 0 saturated heterocycles. The van der Waals surface area contributed by atoms with E-state index in [4.69, 9.17) is 14.2 Å². The number of nitrogens with one attached hydrogen (secondary N) is 1. The van der Waals surface area contributed by atoms with Crippen molar-refractivity contribution in [3.8, 4) is 17.2 Å². The molecule has 1 N–H and O–H groups in total. The van der Waals surface area contributed by atoms with Gasteiger partial charge in [-0.25, -0.2) is 0 Å². The van der Waals surface area contributed by atoms with Crippen LogP contribution >= 0.6 is 0 Å². The highest BCUT2D eigenvalue weighted by Gasteiger charge is 2.25. The average Bonchev–Trinajstić information content (AvgIpc) is 2.66. The highest BCUT2D eigenvalue weighted by atomic mass is 16.6. The maximum absolute atomic E-state index is 5.88. The molecule has 2 aliphatic rings. The molecule has 0 aromatic heterocycles. The Morgan fingerprint density at radius 3 is 2.80 bits per heavy atom. The first-order chi connectivity index (χ1) is 12.3. The fraction of sp³-hybridized carbons (Fsp3) is 0.429. The molecule has 1 unspecified atom stereocenters. The standard InChI is InChI=1S/C21H25NO3/c1-2-3-9-23-17-6-4-5-16(12-17)21-18-14-20-19(24-10-11-25-20)13-15(18)7-8-22-21/h4-6,12-14,21-22H,2-3,7-11H2,1H3. The summed E-state index contributed by atoms with van der Waals surface area (Å²) < 4.78 is 17.4. The molecular formula is C21H25NO3. The summed E-state index contributed by atoms with van der Waals surface area (Å²) in [6.45, 7) is 5.15. The lowest BCUT2D eigenvalue weighted by molar-refractivity contribution is 0.171. The van der Waals surface area contributed by atoms with Gasteiger partial charge in [-0.05, 0) is 53.8 Å². The van der Waals surface area contributed by atoms with Crippen LogP contribution in [0.25, 0.3) is 0 Å². The topological polar surface area (TPSA) is 39.7 Å². The molecule has 2 aromatic carbocycles. The van der Waals surface area contributed by atoms with Crippen LogP contribution in [-0.4, -0.2) is 26.4 Å². The van der Waals surface area contributed by atoms with Gasteiger partial charge in [-0.15, -0.1) is 0 Å². The van der Waals surface area contributed by atoms with Crippen LogP contribution in [0.2, 0.25) is 0 Å². The molecule has 4 nitrogen and oxygen atoms in total. The number of rotatable bonds is 5. The summed E-state index contributed by atoms with van der Waals surface area (Å²) in [4.78, 5) is 0. The molecule has 0 fully saturated rings. The summed E-state index contributed by atoms with van der Waals surface area (Å²) in [5.41, 5.74) is 3.85. The van der Waals surface area contributed by atoms with Gasteiger partial charge in [-0.2, -0.15) is 0 Å². The van der Waals surface area contributed by atoms with Crippen molar-refractivity contribution in [2.24, 2.45) is 0 Å². The monoisotopic (exact) mass is 339 g/mol. The first-order valence-corrected chi connectivity index (χ1v) is 9.23. The number of hydrogen-bond acceptors (Lipinski definition) is 4. The van der Waals surface area contributed by atoms with E-state index in [-0.39, 0.29) is 6.04 Å². The summed E-state index contributed by atoms with van der Waals surface area (Å²) in [7, 11) is 0. The van der Waals surface area contributed by atoms with E-state index in [0.717, 1.165) is 49.7 Å². The van der Waals surface area contributed by atoms with Crippen LogP contribution < -0.4 is 19.5 Å². The van der Waals surface area contributed by atoms with Crippen LogP contribution in [0.15, 0.2) is 36.4 Å². The molecule has 2 heterocycles. The molecule has 0 saturated carbocycles. The van der Waals surface area contributed by atoms with Gasteiger partial charge in [0.05, 0.1) is 12.6 Å². The third-order valence-electron chi connectivity index (χ3n) is 4.82. The Balaban J connectivity index is 1.63. The highest BCUT2D eigenvalue weighted by molar-refractivity contribution is 5.52. The van der Waals surface area contributed by atoms with Gasteiger partial charge in [0.15, 0.2) is 11.5 Å². The highest BCUT2D eigenvalue weighted by Crippen LogP contribution is 2.39. The molecule has 0 bridgehead atoms. The molecule has 132 valence electrons. The van der Waals surface area contributed by atoms with E-state index >= 15 is 0 Å². The van der Waals surface area contributed by atoms with Crippen LogP contribution in [-0.2, 0) is 6.42 Å². The summed E-state index contributed by atoms with van der Waals surface area (Å²) in [6, 6.07) is 12.9. The van der Waals surface area contributed by atoms with Gasteiger partial charge in [0.25, 0.3) is 0 Å². The third-order valence-corrected chi connectivity index (χ3v) is 4.82. The SMILES string of the molecule is CCCCOc1cccc(C2NCCc3cc4c(cc32)OCCO4)c1. The Bertz CT molecular complexity index is 744. The van der Waals surface area contributed by atoms with Gasteiger partial charge in [0.1, 0.15) is 19.0 Å². The van der Waals surface area contributed by atoms with Crippen LogP contribution in [0.1, 0.15) is 42.5 Å². The largest absolute Gasteiger partial charge is 0.494 e. The molecule has 0 spiro atoms. The van der Waals surface area contributed by atoms with Gasteiger partial charge in [0, 0.05) is 6.54 Å². The number of benzene rings is 2. The lowest BCUT2D eigenvalue weighted by Crippen LogP contribution is -2.31. The second kappa shape index (κ2) is 7.36. The molecule has 4 rings (SSSR count). The van der Waals surface area contributed by atoms with E-state index < -0.39 is 0 Å². The van der Waals surface area contributed by atoms with Crippen molar-refractivity contribution in [1.29, 1.82) is 0 Å². The van der Waals surface area contributed by atoms with Gasteiger partial charge in [-0.1, -0.05) is 25.5 Å². The van der Waals surface area contributed by atoms with Crippen molar-refractivity contribution in [3.05, 3.63) is 53.1 Å². The predicted molar refractivity (Wildman–Crippen MR) is 97.8 cm³/mol. The van der Waals surface area contributed by atoms with Crippen molar-refractivity contribution in [2.45, 2.75) is 32.2 Å². The lowest BCUT2D eigenvalue weighted by Gasteiger charge is -2.30. The number of hydrogen-bond donors (Lipinski definition) is 1. The molecule has 0 radical (unpaired) electrons. The molecular weight excluding hydrogens is 314 g/mol. The second-order valence-electron chi connectivity index (χ2n) is 6.61. The van der Waals surface area contributed by atoms with Crippen LogP contribution in [0.5, 0.6) is 17.2 Å². The molecule has 2 aliphatic heterocycles. The number of unbranched alkanes of at least 4 members (excludes halogenated alkanes) is 1. The maximum Gasteiger partial charge on any atom is 0.161 e. The lowest BCUT2D eigenvalue weighted by atomic mass is 9.89.